The highest BCUT2D eigenvalue weighted by Crippen LogP contribution is 2.25. The molecule has 3 nitrogen and oxygen atoms in total. The summed E-state index contributed by atoms with van der Waals surface area (Å²) in [5.41, 5.74) is -0.631. The monoisotopic (exact) mass is 278 g/mol. The molecule has 0 aliphatic heterocycles. The number of rotatable bonds is 6. The van der Waals surface area contributed by atoms with Crippen molar-refractivity contribution in [3.8, 4) is 5.75 Å². The Bertz CT molecular complexity index is 646. The minimum Gasteiger partial charge on any atom is -0.491 e. The average Bonchev–Trinajstić information content (AvgIpc) is 2.42. The second-order valence-electron chi connectivity index (χ2n) is 4.73. The number of unbranched alkanes of at least 4 members (excludes halogenated alkanes) is 2. The topological polar surface area (TPSA) is 39.4 Å². The lowest BCUT2D eigenvalue weighted by Crippen LogP contribution is -2.06. The standard InChI is InChI=1S/C16H19FO3/c1-3-5-6-7-12-10-11-8-9-13(19-4-2)15(17)14(11)16(18)20-12/h8-10H,3-7H2,1-2H3. The molecule has 0 aliphatic rings. The third kappa shape index (κ3) is 3.00. The van der Waals surface area contributed by atoms with E-state index < -0.39 is 11.4 Å². The maximum absolute atomic E-state index is 14.2. The number of benzene rings is 1. The molecule has 0 saturated carbocycles. The fourth-order valence-electron chi connectivity index (χ4n) is 2.21. The Morgan fingerprint density at radius 1 is 1.25 bits per heavy atom. The molecule has 2 aromatic rings. The Hall–Kier alpha value is -1.84. The third-order valence-electron chi connectivity index (χ3n) is 3.21. The second kappa shape index (κ2) is 6.55. The molecule has 0 bridgehead atoms. The molecule has 0 fully saturated rings. The van der Waals surface area contributed by atoms with Crippen LogP contribution in [-0.4, -0.2) is 6.61 Å². The van der Waals surface area contributed by atoms with E-state index in [-0.39, 0.29) is 11.1 Å². The summed E-state index contributed by atoms with van der Waals surface area (Å²) >= 11 is 0. The molecule has 0 N–H and O–H groups in total. The van der Waals surface area contributed by atoms with E-state index in [1.54, 1.807) is 25.1 Å². The summed E-state index contributed by atoms with van der Waals surface area (Å²) < 4.78 is 24.5. The van der Waals surface area contributed by atoms with Gasteiger partial charge >= 0.3 is 5.63 Å². The molecule has 1 aromatic heterocycles. The molecule has 0 saturated heterocycles. The van der Waals surface area contributed by atoms with Crippen LogP contribution in [0.3, 0.4) is 0 Å². The Kier molecular flexibility index (Phi) is 4.77. The van der Waals surface area contributed by atoms with Crippen molar-refractivity contribution >= 4 is 10.8 Å². The first-order valence-corrected chi connectivity index (χ1v) is 7.05. The fourth-order valence-corrected chi connectivity index (χ4v) is 2.21. The lowest BCUT2D eigenvalue weighted by atomic mass is 10.1. The van der Waals surface area contributed by atoms with E-state index in [1.807, 2.05) is 0 Å². The van der Waals surface area contributed by atoms with Crippen molar-refractivity contribution in [2.24, 2.45) is 0 Å². The summed E-state index contributed by atoms with van der Waals surface area (Å²) in [6.07, 6.45) is 3.85. The van der Waals surface area contributed by atoms with E-state index in [1.165, 1.54) is 0 Å². The van der Waals surface area contributed by atoms with Gasteiger partial charge in [-0.1, -0.05) is 25.8 Å². The van der Waals surface area contributed by atoms with Crippen molar-refractivity contribution in [3.63, 3.8) is 0 Å². The largest absolute Gasteiger partial charge is 0.491 e. The Balaban J connectivity index is 2.41. The summed E-state index contributed by atoms with van der Waals surface area (Å²) in [4.78, 5) is 11.9. The second-order valence-corrected chi connectivity index (χ2v) is 4.73. The average molecular weight is 278 g/mol. The number of aryl methyl sites for hydroxylation is 1. The zero-order chi connectivity index (χ0) is 14.5. The third-order valence-corrected chi connectivity index (χ3v) is 3.21. The first-order valence-electron chi connectivity index (χ1n) is 7.05. The quantitative estimate of drug-likeness (QED) is 0.748. The zero-order valence-corrected chi connectivity index (χ0v) is 11.9. The van der Waals surface area contributed by atoms with E-state index in [0.717, 1.165) is 19.3 Å². The minimum absolute atomic E-state index is 0.0322. The Morgan fingerprint density at radius 2 is 2.05 bits per heavy atom. The van der Waals surface area contributed by atoms with Gasteiger partial charge in [0.2, 0.25) is 0 Å². The van der Waals surface area contributed by atoms with Crippen LogP contribution in [0.25, 0.3) is 10.8 Å². The van der Waals surface area contributed by atoms with Gasteiger partial charge in [0.25, 0.3) is 0 Å². The predicted molar refractivity (Wildman–Crippen MR) is 76.8 cm³/mol. The van der Waals surface area contributed by atoms with Crippen LogP contribution in [-0.2, 0) is 6.42 Å². The normalized spacial score (nSPS) is 10.9. The molecule has 1 heterocycles. The van der Waals surface area contributed by atoms with E-state index in [0.29, 0.717) is 24.2 Å². The highest BCUT2D eigenvalue weighted by molar-refractivity contribution is 5.83. The van der Waals surface area contributed by atoms with Crippen LogP contribution < -0.4 is 10.4 Å². The molecule has 4 heteroatoms. The van der Waals surface area contributed by atoms with Crippen molar-refractivity contribution in [2.45, 2.75) is 39.5 Å². The highest BCUT2D eigenvalue weighted by atomic mass is 19.1. The van der Waals surface area contributed by atoms with Gasteiger partial charge in [0.05, 0.1) is 6.61 Å². The molecule has 108 valence electrons. The molecule has 20 heavy (non-hydrogen) atoms. The predicted octanol–water partition coefficient (Wildman–Crippen LogP) is 4.06. The van der Waals surface area contributed by atoms with Crippen molar-refractivity contribution in [1.29, 1.82) is 0 Å². The fraction of sp³-hybridized carbons (Fsp3) is 0.438. The first-order chi connectivity index (χ1) is 9.67. The molecule has 0 unspecified atom stereocenters. The van der Waals surface area contributed by atoms with Gasteiger partial charge in [-0.05, 0) is 30.9 Å². The number of ether oxygens (including phenoxy) is 1. The van der Waals surface area contributed by atoms with Gasteiger partial charge in [-0.25, -0.2) is 9.18 Å². The van der Waals surface area contributed by atoms with Gasteiger partial charge in [0, 0.05) is 6.42 Å². The summed E-state index contributed by atoms with van der Waals surface area (Å²) in [6, 6.07) is 4.99. The van der Waals surface area contributed by atoms with Gasteiger partial charge in [-0.2, -0.15) is 0 Å². The first kappa shape index (κ1) is 14.6. The van der Waals surface area contributed by atoms with Crippen LogP contribution in [0.5, 0.6) is 5.75 Å². The minimum atomic E-state index is -0.641. The summed E-state index contributed by atoms with van der Waals surface area (Å²) in [7, 11) is 0. The molecule has 0 atom stereocenters. The molecular formula is C16H19FO3. The molecule has 2 rings (SSSR count). The van der Waals surface area contributed by atoms with Crippen LogP contribution in [0.4, 0.5) is 4.39 Å². The van der Waals surface area contributed by atoms with Crippen molar-refractivity contribution in [2.75, 3.05) is 6.61 Å². The van der Waals surface area contributed by atoms with Crippen LogP contribution in [0.2, 0.25) is 0 Å². The molecule has 0 radical (unpaired) electrons. The summed E-state index contributed by atoms with van der Waals surface area (Å²) in [5, 5.41) is 0.531. The smallest absolute Gasteiger partial charge is 0.346 e. The van der Waals surface area contributed by atoms with E-state index in [4.69, 9.17) is 9.15 Å². The van der Waals surface area contributed by atoms with Gasteiger partial charge < -0.3 is 9.15 Å². The number of hydrogen-bond acceptors (Lipinski definition) is 3. The molecule has 0 amide bonds. The lowest BCUT2D eigenvalue weighted by Gasteiger charge is -2.07. The van der Waals surface area contributed by atoms with E-state index in [2.05, 4.69) is 6.92 Å². The van der Waals surface area contributed by atoms with Gasteiger partial charge in [0.15, 0.2) is 11.6 Å². The van der Waals surface area contributed by atoms with Crippen LogP contribution >= 0.6 is 0 Å². The van der Waals surface area contributed by atoms with Crippen molar-refractivity contribution in [3.05, 3.63) is 40.2 Å². The van der Waals surface area contributed by atoms with E-state index in [9.17, 15) is 9.18 Å². The zero-order valence-electron chi connectivity index (χ0n) is 11.9. The Labute approximate surface area is 117 Å². The summed E-state index contributed by atoms with van der Waals surface area (Å²) in [5.74, 6) is 0.0590. The highest BCUT2D eigenvalue weighted by Gasteiger charge is 2.14. The van der Waals surface area contributed by atoms with Gasteiger partial charge in [-0.15, -0.1) is 0 Å². The van der Waals surface area contributed by atoms with Crippen molar-refractivity contribution < 1.29 is 13.5 Å². The van der Waals surface area contributed by atoms with E-state index >= 15 is 0 Å². The molecule has 0 spiro atoms. The molecular weight excluding hydrogens is 259 g/mol. The molecule has 1 aromatic carbocycles. The molecule has 0 aliphatic carbocycles. The Morgan fingerprint density at radius 3 is 2.75 bits per heavy atom. The van der Waals surface area contributed by atoms with Gasteiger partial charge in [-0.3, -0.25) is 0 Å². The lowest BCUT2D eigenvalue weighted by molar-refractivity contribution is 0.322. The SMILES string of the molecule is CCCCCc1cc2ccc(OCC)c(F)c2c(=O)o1. The van der Waals surface area contributed by atoms with Crippen molar-refractivity contribution in [1.82, 2.24) is 0 Å². The number of fused-ring (bicyclic) bond motifs is 1. The summed E-state index contributed by atoms with van der Waals surface area (Å²) in [6.45, 7) is 4.23. The maximum atomic E-state index is 14.2. The van der Waals surface area contributed by atoms with Crippen LogP contribution in [0.1, 0.15) is 38.9 Å². The maximum Gasteiger partial charge on any atom is 0.346 e. The van der Waals surface area contributed by atoms with Gasteiger partial charge in [0.1, 0.15) is 11.1 Å². The van der Waals surface area contributed by atoms with Crippen LogP contribution in [0, 0.1) is 5.82 Å². The number of halogens is 1. The number of hydrogen-bond donors (Lipinski definition) is 0. The van der Waals surface area contributed by atoms with Crippen LogP contribution in [0.15, 0.2) is 27.4 Å².